The van der Waals surface area contributed by atoms with Crippen LogP contribution in [0.25, 0.3) is 11.4 Å². The van der Waals surface area contributed by atoms with Crippen molar-refractivity contribution in [1.29, 1.82) is 0 Å². The minimum atomic E-state index is -0.842. The number of nitrogens with zero attached hydrogens (tertiary/aromatic N) is 2. The first-order valence-corrected chi connectivity index (χ1v) is 4.77. The van der Waals surface area contributed by atoms with Gasteiger partial charge in [0.1, 0.15) is 5.82 Å². The molecule has 0 aromatic carbocycles. The van der Waals surface area contributed by atoms with E-state index in [9.17, 15) is 9.18 Å². The number of halogens is 1. The van der Waals surface area contributed by atoms with Gasteiger partial charge in [-0.2, -0.15) is 4.39 Å². The Kier molecular flexibility index (Phi) is 2.52. The normalized spacial score (nSPS) is 10.4. The molecule has 82 valence electrons. The van der Waals surface area contributed by atoms with Gasteiger partial charge in [-0.15, -0.1) is 0 Å². The average Bonchev–Trinajstić information content (AvgIpc) is 2.26. The van der Waals surface area contributed by atoms with Gasteiger partial charge in [-0.25, -0.2) is 4.98 Å². The first kappa shape index (κ1) is 10.5. The van der Waals surface area contributed by atoms with Crippen molar-refractivity contribution in [3.8, 4) is 11.4 Å². The minimum absolute atomic E-state index is 0.0852. The molecule has 0 radical (unpaired) electrons. The smallest absolute Gasteiger partial charge is 0.287 e. The third-order valence-electron chi connectivity index (χ3n) is 2.32. The van der Waals surface area contributed by atoms with Crippen LogP contribution in [0.1, 0.15) is 11.3 Å². The Balaban J connectivity index is 2.67. The summed E-state index contributed by atoms with van der Waals surface area (Å²) in [5.74, 6) is -0.500. The van der Waals surface area contributed by atoms with Crippen molar-refractivity contribution in [2.75, 3.05) is 0 Å². The van der Waals surface area contributed by atoms with E-state index in [2.05, 4.69) is 15.0 Å². The standard InChI is InChI=1S/C11H10FN3O/c1-6-3-4-13-5-8(6)10-14-7(2)9(12)11(16)15-10/h3-5H,1-2H3,(H,14,15,16). The van der Waals surface area contributed by atoms with Gasteiger partial charge in [-0.1, -0.05) is 0 Å². The summed E-state index contributed by atoms with van der Waals surface area (Å²) >= 11 is 0. The van der Waals surface area contributed by atoms with Crippen LogP contribution in [0, 0.1) is 19.7 Å². The summed E-state index contributed by atoms with van der Waals surface area (Å²) in [7, 11) is 0. The zero-order valence-electron chi connectivity index (χ0n) is 8.91. The van der Waals surface area contributed by atoms with Crippen molar-refractivity contribution in [3.63, 3.8) is 0 Å². The number of hydrogen-bond donors (Lipinski definition) is 1. The highest BCUT2D eigenvalue weighted by Crippen LogP contribution is 2.17. The second kappa shape index (κ2) is 3.84. The Labute approximate surface area is 91.2 Å². The Morgan fingerprint density at radius 2 is 2.12 bits per heavy atom. The third-order valence-corrected chi connectivity index (χ3v) is 2.32. The maximum atomic E-state index is 13.1. The molecule has 0 amide bonds. The average molecular weight is 219 g/mol. The lowest BCUT2D eigenvalue weighted by molar-refractivity contribution is 0.589. The van der Waals surface area contributed by atoms with E-state index in [0.717, 1.165) is 5.56 Å². The molecule has 0 aliphatic heterocycles. The van der Waals surface area contributed by atoms with Crippen LogP contribution in [-0.2, 0) is 0 Å². The molecule has 0 aliphatic carbocycles. The number of aromatic amines is 1. The second-order valence-corrected chi connectivity index (χ2v) is 3.50. The van der Waals surface area contributed by atoms with E-state index in [-0.39, 0.29) is 5.69 Å². The molecule has 2 aromatic heterocycles. The molecule has 0 fully saturated rings. The van der Waals surface area contributed by atoms with Gasteiger partial charge in [-0.3, -0.25) is 9.78 Å². The summed E-state index contributed by atoms with van der Waals surface area (Å²) in [6, 6.07) is 1.80. The summed E-state index contributed by atoms with van der Waals surface area (Å²) in [4.78, 5) is 21.6. The van der Waals surface area contributed by atoms with Crippen LogP contribution < -0.4 is 5.56 Å². The van der Waals surface area contributed by atoms with Gasteiger partial charge in [0.2, 0.25) is 5.82 Å². The van der Waals surface area contributed by atoms with Crippen molar-refractivity contribution in [2.24, 2.45) is 0 Å². The molecule has 5 heteroatoms. The summed E-state index contributed by atoms with van der Waals surface area (Å²) in [5, 5.41) is 0. The van der Waals surface area contributed by atoms with Crippen LogP contribution in [0.4, 0.5) is 4.39 Å². The van der Waals surface area contributed by atoms with Gasteiger partial charge in [-0.05, 0) is 25.5 Å². The van der Waals surface area contributed by atoms with Gasteiger partial charge in [0.15, 0.2) is 0 Å². The van der Waals surface area contributed by atoms with Crippen LogP contribution >= 0.6 is 0 Å². The maximum absolute atomic E-state index is 13.1. The fraction of sp³-hybridized carbons (Fsp3) is 0.182. The lowest BCUT2D eigenvalue weighted by Crippen LogP contribution is -2.15. The molecule has 4 nitrogen and oxygen atoms in total. The fourth-order valence-electron chi connectivity index (χ4n) is 1.41. The molecular formula is C11H10FN3O. The van der Waals surface area contributed by atoms with Crippen molar-refractivity contribution >= 4 is 0 Å². The molecule has 0 saturated carbocycles. The van der Waals surface area contributed by atoms with Crippen LogP contribution in [-0.4, -0.2) is 15.0 Å². The van der Waals surface area contributed by atoms with Crippen molar-refractivity contribution in [2.45, 2.75) is 13.8 Å². The van der Waals surface area contributed by atoms with Crippen molar-refractivity contribution < 1.29 is 4.39 Å². The van der Waals surface area contributed by atoms with E-state index in [0.29, 0.717) is 11.4 Å². The summed E-state index contributed by atoms with van der Waals surface area (Å²) in [5.41, 5.74) is 0.944. The quantitative estimate of drug-likeness (QED) is 0.792. The molecule has 0 saturated heterocycles. The molecule has 0 unspecified atom stereocenters. The summed E-state index contributed by atoms with van der Waals surface area (Å²) < 4.78 is 13.1. The van der Waals surface area contributed by atoms with E-state index in [1.165, 1.54) is 6.92 Å². The number of aromatic nitrogens is 3. The van der Waals surface area contributed by atoms with Gasteiger partial charge in [0.05, 0.1) is 5.69 Å². The predicted octanol–water partition coefficient (Wildman–Crippen LogP) is 1.59. The Morgan fingerprint density at radius 1 is 1.38 bits per heavy atom. The van der Waals surface area contributed by atoms with Crippen molar-refractivity contribution in [1.82, 2.24) is 15.0 Å². The molecule has 0 spiro atoms. The molecular weight excluding hydrogens is 209 g/mol. The maximum Gasteiger partial charge on any atom is 0.287 e. The highest BCUT2D eigenvalue weighted by Gasteiger charge is 2.10. The monoisotopic (exact) mass is 219 g/mol. The van der Waals surface area contributed by atoms with Crippen LogP contribution in [0.3, 0.4) is 0 Å². The molecule has 2 rings (SSSR count). The number of rotatable bonds is 1. The van der Waals surface area contributed by atoms with Gasteiger partial charge in [0.25, 0.3) is 5.56 Å². The number of nitrogens with one attached hydrogen (secondary N) is 1. The molecule has 0 aliphatic rings. The minimum Gasteiger partial charge on any atom is -0.304 e. The number of hydrogen-bond acceptors (Lipinski definition) is 3. The van der Waals surface area contributed by atoms with Crippen LogP contribution in [0.15, 0.2) is 23.3 Å². The van der Waals surface area contributed by atoms with Crippen LogP contribution in [0.2, 0.25) is 0 Å². The Bertz CT molecular complexity index is 592. The van der Waals surface area contributed by atoms with E-state index >= 15 is 0 Å². The van der Waals surface area contributed by atoms with E-state index < -0.39 is 11.4 Å². The second-order valence-electron chi connectivity index (χ2n) is 3.50. The van der Waals surface area contributed by atoms with E-state index in [1.807, 2.05) is 6.92 Å². The lowest BCUT2D eigenvalue weighted by atomic mass is 10.1. The zero-order chi connectivity index (χ0) is 11.7. The Morgan fingerprint density at radius 3 is 2.75 bits per heavy atom. The fourth-order valence-corrected chi connectivity index (χ4v) is 1.41. The van der Waals surface area contributed by atoms with Gasteiger partial charge < -0.3 is 4.98 Å². The largest absolute Gasteiger partial charge is 0.304 e. The Hall–Kier alpha value is -2.04. The highest BCUT2D eigenvalue weighted by molar-refractivity contribution is 5.57. The number of pyridine rings is 1. The highest BCUT2D eigenvalue weighted by atomic mass is 19.1. The molecule has 0 atom stereocenters. The zero-order valence-corrected chi connectivity index (χ0v) is 8.91. The summed E-state index contributed by atoms with van der Waals surface area (Å²) in [6.07, 6.45) is 3.23. The van der Waals surface area contributed by atoms with Gasteiger partial charge in [0, 0.05) is 18.0 Å². The topological polar surface area (TPSA) is 58.6 Å². The number of H-pyrrole nitrogens is 1. The van der Waals surface area contributed by atoms with E-state index in [4.69, 9.17) is 0 Å². The first-order valence-electron chi connectivity index (χ1n) is 4.77. The van der Waals surface area contributed by atoms with Crippen molar-refractivity contribution in [3.05, 3.63) is 45.9 Å². The van der Waals surface area contributed by atoms with Crippen LogP contribution in [0.5, 0.6) is 0 Å². The molecule has 1 N–H and O–H groups in total. The predicted molar refractivity (Wildman–Crippen MR) is 57.5 cm³/mol. The first-order chi connectivity index (χ1) is 7.59. The molecule has 16 heavy (non-hydrogen) atoms. The molecule has 2 heterocycles. The summed E-state index contributed by atoms with van der Waals surface area (Å²) in [6.45, 7) is 3.33. The van der Waals surface area contributed by atoms with E-state index in [1.54, 1.807) is 18.5 Å². The lowest BCUT2D eigenvalue weighted by Gasteiger charge is -2.04. The van der Waals surface area contributed by atoms with Gasteiger partial charge >= 0.3 is 0 Å². The SMILES string of the molecule is Cc1ccncc1-c1nc(C)c(F)c(=O)[nH]1. The molecule has 0 bridgehead atoms. The third kappa shape index (κ3) is 1.71. The molecule has 2 aromatic rings. The number of aryl methyl sites for hydroxylation is 2.